The largest absolute Gasteiger partial charge is 0.100 e. The maximum atomic E-state index is 2.44. The zero-order valence-electron chi connectivity index (χ0n) is 8.22. The third-order valence-corrected chi connectivity index (χ3v) is 6.94. The standard InChI is InChI=1S/C10H20Si/c1-5-9-11(7-3,8-4)10-6-2/h5-6,9-10H,7-8H2,1-4H3. The van der Waals surface area contributed by atoms with E-state index in [9.17, 15) is 0 Å². The highest BCUT2D eigenvalue weighted by Gasteiger charge is 2.20. The highest BCUT2D eigenvalue weighted by molar-refractivity contribution is 6.88. The molecule has 0 N–H and O–H groups in total. The Morgan fingerprint density at radius 1 is 0.909 bits per heavy atom. The molecular weight excluding hydrogens is 148 g/mol. The third kappa shape index (κ3) is 3.06. The van der Waals surface area contributed by atoms with Crippen molar-refractivity contribution in [2.45, 2.75) is 39.8 Å². The van der Waals surface area contributed by atoms with Crippen LogP contribution in [0.15, 0.2) is 23.6 Å². The van der Waals surface area contributed by atoms with E-state index >= 15 is 0 Å². The minimum atomic E-state index is -1.10. The number of hydrogen-bond acceptors (Lipinski definition) is 0. The second-order valence-corrected chi connectivity index (χ2v) is 7.49. The molecule has 0 amide bonds. The Hall–Kier alpha value is -0.303. The molecule has 0 atom stereocenters. The molecule has 0 radical (unpaired) electrons. The molecule has 0 rings (SSSR count). The van der Waals surface area contributed by atoms with Crippen molar-refractivity contribution >= 4 is 8.07 Å². The van der Waals surface area contributed by atoms with Crippen molar-refractivity contribution in [2.75, 3.05) is 0 Å². The van der Waals surface area contributed by atoms with E-state index in [1.807, 2.05) is 0 Å². The van der Waals surface area contributed by atoms with Crippen LogP contribution in [0.3, 0.4) is 0 Å². The molecule has 0 heterocycles. The normalized spacial score (nSPS) is 13.5. The van der Waals surface area contributed by atoms with Gasteiger partial charge in [0.1, 0.15) is 8.07 Å². The fraction of sp³-hybridized carbons (Fsp3) is 0.600. The third-order valence-electron chi connectivity index (χ3n) is 2.31. The van der Waals surface area contributed by atoms with E-state index in [2.05, 4.69) is 51.2 Å². The topological polar surface area (TPSA) is 0 Å². The quantitative estimate of drug-likeness (QED) is 0.561. The smallest absolute Gasteiger partial charge is 0.0952 e. The van der Waals surface area contributed by atoms with Crippen LogP contribution in [0, 0.1) is 0 Å². The van der Waals surface area contributed by atoms with Crippen molar-refractivity contribution in [3.8, 4) is 0 Å². The molecule has 0 aliphatic carbocycles. The van der Waals surface area contributed by atoms with Crippen molar-refractivity contribution in [2.24, 2.45) is 0 Å². The zero-order chi connectivity index (χ0) is 8.74. The molecule has 1 heteroatoms. The first kappa shape index (κ1) is 10.7. The fourth-order valence-corrected chi connectivity index (χ4v) is 4.32. The molecule has 0 aromatic carbocycles. The summed E-state index contributed by atoms with van der Waals surface area (Å²) in [5, 5.41) is 0. The number of rotatable bonds is 4. The Bertz CT molecular complexity index is 127. The minimum absolute atomic E-state index is 1.10. The lowest BCUT2D eigenvalue weighted by Gasteiger charge is -2.20. The minimum Gasteiger partial charge on any atom is -0.0952 e. The maximum Gasteiger partial charge on any atom is 0.100 e. The van der Waals surface area contributed by atoms with E-state index in [4.69, 9.17) is 0 Å². The Morgan fingerprint density at radius 3 is 1.45 bits per heavy atom. The summed E-state index contributed by atoms with van der Waals surface area (Å²) in [6, 6.07) is 2.66. The molecule has 0 aliphatic heterocycles. The van der Waals surface area contributed by atoms with E-state index in [1.165, 1.54) is 12.1 Å². The van der Waals surface area contributed by atoms with Crippen molar-refractivity contribution in [3.63, 3.8) is 0 Å². The Morgan fingerprint density at radius 2 is 1.27 bits per heavy atom. The zero-order valence-corrected chi connectivity index (χ0v) is 9.22. The van der Waals surface area contributed by atoms with Gasteiger partial charge in [-0.1, -0.05) is 49.5 Å². The van der Waals surface area contributed by atoms with E-state index in [0.717, 1.165) is 0 Å². The Labute approximate surface area is 72.0 Å². The summed E-state index contributed by atoms with van der Waals surface area (Å²) in [6.45, 7) is 8.85. The van der Waals surface area contributed by atoms with Crippen molar-refractivity contribution in [1.29, 1.82) is 0 Å². The summed E-state index contributed by atoms with van der Waals surface area (Å²) < 4.78 is 0. The highest BCUT2D eigenvalue weighted by Crippen LogP contribution is 2.18. The monoisotopic (exact) mass is 168 g/mol. The first-order valence-electron chi connectivity index (χ1n) is 4.52. The van der Waals surface area contributed by atoms with Gasteiger partial charge < -0.3 is 0 Å². The van der Waals surface area contributed by atoms with Crippen LogP contribution in [0.1, 0.15) is 27.7 Å². The second kappa shape index (κ2) is 5.36. The first-order chi connectivity index (χ1) is 5.24. The molecule has 0 fully saturated rings. The van der Waals surface area contributed by atoms with Crippen molar-refractivity contribution in [1.82, 2.24) is 0 Å². The van der Waals surface area contributed by atoms with Gasteiger partial charge in [0.15, 0.2) is 0 Å². The Balaban J connectivity index is 4.45. The van der Waals surface area contributed by atoms with Gasteiger partial charge in [-0.05, 0) is 13.8 Å². The van der Waals surface area contributed by atoms with Crippen LogP contribution < -0.4 is 0 Å². The van der Waals surface area contributed by atoms with Crippen LogP contribution in [0.25, 0.3) is 0 Å². The second-order valence-electron chi connectivity index (χ2n) is 2.94. The molecule has 0 unspecified atom stereocenters. The van der Waals surface area contributed by atoms with E-state index in [1.54, 1.807) is 0 Å². The van der Waals surface area contributed by atoms with Crippen LogP contribution in [-0.2, 0) is 0 Å². The van der Waals surface area contributed by atoms with E-state index < -0.39 is 8.07 Å². The maximum absolute atomic E-state index is 2.44. The molecule has 0 spiro atoms. The average molecular weight is 168 g/mol. The van der Waals surface area contributed by atoms with Gasteiger partial charge in [0.2, 0.25) is 0 Å². The molecule has 11 heavy (non-hydrogen) atoms. The van der Waals surface area contributed by atoms with Crippen LogP contribution in [0.2, 0.25) is 12.1 Å². The lowest BCUT2D eigenvalue weighted by atomic mass is 10.8. The van der Waals surface area contributed by atoms with Crippen LogP contribution >= 0.6 is 0 Å². The summed E-state index contributed by atoms with van der Waals surface area (Å²) in [6.07, 6.45) is 4.42. The number of allylic oxidation sites excluding steroid dienone is 2. The summed E-state index contributed by atoms with van der Waals surface area (Å²) in [5.74, 6) is 0. The van der Waals surface area contributed by atoms with Crippen LogP contribution in [-0.4, -0.2) is 8.07 Å². The lowest BCUT2D eigenvalue weighted by molar-refractivity contribution is 1.29. The molecule has 0 aromatic heterocycles. The molecule has 0 nitrogen and oxygen atoms in total. The molecule has 0 bridgehead atoms. The van der Waals surface area contributed by atoms with E-state index in [-0.39, 0.29) is 0 Å². The Kier molecular flexibility index (Phi) is 5.21. The number of hydrogen-bond donors (Lipinski definition) is 0. The lowest BCUT2D eigenvalue weighted by Crippen LogP contribution is -2.27. The van der Waals surface area contributed by atoms with Gasteiger partial charge in [0, 0.05) is 0 Å². The van der Waals surface area contributed by atoms with Crippen LogP contribution in [0.5, 0.6) is 0 Å². The van der Waals surface area contributed by atoms with Gasteiger partial charge in [-0.25, -0.2) is 0 Å². The van der Waals surface area contributed by atoms with Gasteiger partial charge in [-0.2, -0.15) is 0 Å². The summed E-state index contributed by atoms with van der Waals surface area (Å²) in [7, 11) is -1.10. The summed E-state index contributed by atoms with van der Waals surface area (Å²) in [4.78, 5) is 0. The first-order valence-corrected chi connectivity index (χ1v) is 7.09. The van der Waals surface area contributed by atoms with Gasteiger partial charge in [-0.15, -0.1) is 0 Å². The summed E-state index contributed by atoms with van der Waals surface area (Å²) in [5.41, 5.74) is 4.88. The predicted molar refractivity (Wildman–Crippen MR) is 56.3 cm³/mol. The molecule has 0 aromatic rings. The van der Waals surface area contributed by atoms with Gasteiger partial charge >= 0.3 is 0 Å². The van der Waals surface area contributed by atoms with Gasteiger partial charge in [-0.3, -0.25) is 0 Å². The fourth-order valence-electron chi connectivity index (χ4n) is 1.44. The molecule has 0 saturated heterocycles. The molecule has 64 valence electrons. The molecular formula is C10H20Si. The molecule has 0 aliphatic rings. The van der Waals surface area contributed by atoms with E-state index in [0.29, 0.717) is 0 Å². The van der Waals surface area contributed by atoms with Crippen molar-refractivity contribution in [3.05, 3.63) is 23.6 Å². The van der Waals surface area contributed by atoms with Crippen molar-refractivity contribution < 1.29 is 0 Å². The molecule has 0 saturated carbocycles. The average Bonchev–Trinajstić information content (AvgIpc) is 2.04. The highest BCUT2D eigenvalue weighted by atomic mass is 28.3. The SMILES string of the molecule is CC=C[Si](C=CC)(CC)CC. The van der Waals surface area contributed by atoms with Gasteiger partial charge in [0.25, 0.3) is 0 Å². The summed E-state index contributed by atoms with van der Waals surface area (Å²) >= 11 is 0. The van der Waals surface area contributed by atoms with Crippen LogP contribution in [0.4, 0.5) is 0 Å². The predicted octanol–water partition coefficient (Wildman–Crippen LogP) is 3.71. The van der Waals surface area contributed by atoms with Gasteiger partial charge in [0.05, 0.1) is 0 Å².